The fourth-order valence-corrected chi connectivity index (χ4v) is 2.10. The maximum Gasteiger partial charge on any atom is 0.253 e. The molecule has 7 heteroatoms. The van der Waals surface area contributed by atoms with Gasteiger partial charge < -0.3 is 9.29 Å². The fraction of sp³-hybridized carbons (Fsp3) is 0.700. The van der Waals surface area contributed by atoms with Crippen LogP contribution in [0.2, 0.25) is 0 Å². The third-order valence-electron chi connectivity index (χ3n) is 2.59. The predicted octanol–water partition coefficient (Wildman–Crippen LogP) is -0.334. The summed E-state index contributed by atoms with van der Waals surface area (Å²) in [4.78, 5) is 0. The quantitative estimate of drug-likeness (QED) is 0.498. The zero-order valence-corrected chi connectivity index (χ0v) is 10.9. The highest BCUT2D eigenvalue weighted by atomic mass is 32.2. The standard InChI is InChI=1S/C10H18N2O4S/c1-10-11(4-3-9-17(13,14)15)5-6-12(10)7-8-16-2/h5-6H,3-4,7-9H2,1-2H3. The van der Waals surface area contributed by atoms with E-state index in [2.05, 4.69) is 0 Å². The first kappa shape index (κ1) is 14.1. The van der Waals surface area contributed by atoms with E-state index in [9.17, 15) is 13.0 Å². The van der Waals surface area contributed by atoms with Crippen LogP contribution in [0.25, 0.3) is 0 Å². The number of aryl methyl sites for hydroxylation is 1. The molecule has 0 unspecified atom stereocenters. The lowest BCUT2D eigenvalue weighted by Gasteiger charge is -2.05. The van der Waals surface area contributed by atoms with Gasteiger partial charge in [-0.05, 0) is 6.42 Å². The molecular formula is C10H18N2O4S. The van der Waals surface area contributed by atoms with E-state index in [0.29, 0.717) is 19.6 Å². The van der Waals surface area contributed by atoms with E-state index in [-0.39, 0.29) is 5.75 Å². The second-order valence-corrected chi connectivity index (χ2v) is 5.36. The van der Waals surface area contributed by atoms with Crippen LogP contribution in [0.3, 0.4) is 0 Å². The summed E-state index contributed by atoms with van der Waals surface area (Å²) in [5.74, 6) is 0.702. The van der Waals surface area contributed by atoms with Crippen molar-refractivity contribution in [1.29, 1.82) is 0 Å². The van der Waals surface area contributed by atoms with E-state index in [0.717, 1.165) is 12.4 Å². The molecule has 0 saturated carbocycles. The lowest BCUT2D eigenvalue weighted by Crippen LogP contribution is -2.36. The van der Waals surface area contributed by atoms with Crippen LogP contribution in [0.15, 0.2) is 12.4 Å². The highest BCUT2D eigenvalue weighted by Crippen LogP contribution is 1.96. The highest BCUT2D eigenvalue weighted by Gasteiger charge is 2.11. The molecule has 0 aliphatic carbocycles. The molecule has 0 radical (unpaired) electrons. The lowest BCUT2D eigenvalue weighted by molar-refractivity contribution is -0.702. The van der Waals surface area contributed by atoms with Gasteiger partial charge in [0.15, 0.2) is 0 Å². The molecule has 0 bridgehead atoms. The summed E-state index contributed by atoms with van der Waals surface area (Å²) in [6.45, 7) is 3.87. The minimum Gasteiger partial charge on any atom is -0.748 e. The van der Waals surface area contributed by atoms with Gasteiger partial charge in [-0.25, -0.2) is 17.6 Å². The van der Waals surface area contributed by atoms with Gasteiger partial charge in [0.05, 0.1) is 23.3 Å². The minimum atomic E-state index is -4.10. The Labute approximate surface area is 102 Å². The maximum atomic E-state index is 10.5. The smallest absolute Gasteiger partial charge is 0.253 e. The number of ether oxygens (including phenoxy) is 1. The summed E-state index contributed by atoms with van der Waals surface area (Å²) in [7, 11) is -2.46. The van der Waals surface area contributed by atoms with Crippen LogP contribution < -0.4 is 4.57 Å². The first-order valence-corrected chi connectivity index (χ1v) is 6.99. The SMILES string of the molecule is COCCn1cc[n+](CCCS(=O)(=O)[O-])c1C. The van der Waals surface area contributed by atoms with Crippen LogP contribution in [-0.2, 0) is 27.9 Å². The Morgan fingerprint density at radius 1 is 1.53 bits per heavy atom. The third kappa shape index (κ3) is 4.84. The van der Waals surface area contributed by atoms with E-state index in [4.69, 9.17) is 4.74 Å². The summed E-state index contributed by atoms with van der Waals surface area (Å²) >= 11 is 0. The van der Waals surface area contributed by atoms with Crippen LogP contribution in [0.4, 0.5) is 0 Å². The van der Waals surface area contributed by atoms with Crippen LogP contribution in [0, 0.1) is 6.92 Å². The second-order valence-electron chi connectivity index (χ2n) is 3.84. The van der Waals surface area contributed by atoms with E-state index < -0.39 is 10.1 Å². The van der Waals surface area contributed by atoms with Gasteiger partial charge in [-0.3, -0.25) is 0 Å². The molecule has 1 aromatic heterocycles. The fourth-order valence-electron chi connectivity index (χ4n) is 1.62. The molecule has 0 saturated heterocycles. The summed E-state index contributed by atoms with van der Waals surface area (Å²) in [6.07, 6.45) is 4.13. The predicted molar refractivity (Wildman–Crippen MR) is 60.4 cm³/mol. The molecule has 1 rings (SSSR count). The first-order chi connectivity index (χ1) is 7.94. The van der Waals surface area contributed by atoms with E-state index in [1.54, 1.807) is 7.11 Å². The molecule has 0 aliphatic rings. The summed E-state index contributed by atoms with van der Waals surface area (Å²) < 4.78 is 40.3. The number of rotatable bonds is 7. The number of hydrogen-bond donors (Lipinski definition) is 0. The average molecular weight is 262 g/mol. The van der Waals surface area contributed by atoms with Crippen LogP contribution in [-0.4, -0.2) is 37.0 Å². The van der Waals surface area contributed by atoms with Gasteiger partial charge >= 0.3 is 0 Å². The molecular weight excluding hydrogens is 244 g/mol. The van der Waals surface area contributed by atoms with Gasteiger partial charge in [-0.1, -0.05) is 0 Å². The van der Waals surface area contributed by atoms with Gasteiger partial charge in [0.1, 0.15) is 18.9 Å². The highest BCUT2D eigenvalue weighted by molar-refractivity contribution is 7.85. The van der Waals surface area contributed by atoms with Gasteiger partial charge in [0.25, 0.3) is 5.82 Å². The zero-order valence-electron chi connectivity index (χ0n) is 10.1. The number of nitrogens with zero attached hydrogens (tertiary/aromatic N) is 2. The first-order valence-electron chi connectivity index (χ1n) is 5.41. The Morgan fingerprint density at radius 3 is 2.82 bits per heavy atom. The average Bonchev–Trinajstić information content (AvgIpc) is 2.56. The second kappa shape index (κ2) is 6.13. The maximum absolute atomic E-state index is 10.5. The third-order valence-corrected chi connectivity index (χ3v) is 3.38. The van der Waals surface area contributed by atoms with Crippen molar-refractivity contribution in [1.82, 2.24) is 4.57 Å². The molecule has 0 aliphatic heterocycles. The molecule has 98 valence electrons. The molecule has 0 amide bonds. The number of imidazole rings is 1. The molecule has 0 fully saturated rings. The molecule has 1 heterocycles. The Hall–Kier alpha value is -0.920. The summed E-state index contributed by atoms with van der Waals surface area (Å²) in [5.41, 5.74) is 0. The van der Waals surface area contributed by atoms with Crippen LogP contribution >= 0.6 is 0 Å². The Morgan fingerprint density at radius 2 is 2.24 bits per heavy atom. The van der Waals surface area contributed by atoms with Crippen molar-refractivity contribution >= 4 is 10.1 Å². The van der Waals surface area contributed by atoms with Crippen molar-refractivity contribution in [3.63, 3.8) is 0 Å². The summed E-state index contributed by atoms with van der Waals surface area (Å²) in [5, 5.41) is 0. The van der Waals surface area contributed by atoms with Crippen molar-refractivity contribution in [2.45, 2.75) is 26.4 Å². The van der Waals surface area contributed by atoms with Crippen molar-refractivity contribution in [3.8, 4) is 0 Å². The Kier molecular flexibility index (Phi) is 5.10. The normalized spacial score (nSPS) is 11.9. The Bertz CT molecular complexity index is 453. The van der Waals surface area contributed by atoms with Crippen LogP contribution in [0.1, 0.15) is 12.2 Å². The minimum absolute atomic E-state index is 0.317. The van der Waals surface area contributed by atoms with Crippen molar-refractivity contribution in [3.05, 3.63) is 18.2 Å². The van der Waals surface area contributed by atoms with Gasteiger partial charge in [-0.2, -0.15) is 0 Å². The van der Waals surface area contributed by atoms with Gasteiger partial charge in [0.2, 0.25) is 0 Å². The lowest BCUT2D eigenvalue weighted by atomic mass is 10.4. The van der Waals surface area contributed by atoms with Crippen molar-refractivity contribution in [2.75, 3.05) is 19.5 Å². The van der Waals surface area contributed by atoms with Gasteiger partial charge in [-0.15, -0.1) is 0 Å². The van der Waals surface area contributed by atoms with E-state index in [1.807, 2.05) is 28.5 Å². The molecule has 17 heavy (non-hydrogen) atoms. The topological polar surface area (TPSA) is 75.2 Å². The number of methoxy groups -OCH3 is 1. The van der Waals surface area contributed by atoms with E-state index in [1.165, 1.54) is 0 Å². The molecule has 6 nitrogen and oxygen atoms in total. The molecule has 0 spiro atoms. The molecule has 1 aromatic rings. The van der Waals surface area contributed by atoms with Gasteiger partial charge in [0, 0.05) is 19.8 Å². The molecule has 0 atom stereocenters. The monoisotopic (exact) mass is 262 g/mol. The molecule has 0 N–H and O–H groups in total. The van der Waals surface area contributed by atoms with Crippen LogP contribution in [0.5, 0.6) is 0 Å². The van der Waals surface area contributed by atoms with E-state index >= 15 is 0 Å². The zero-order chi connectivity index (χ0) is 12.9. The number of aromatic nitrogens is 2. The number of hydrogen-bond acceptors (Lipinski definition) is 4. The van der Waals surface area contributed by atoms with Crippen molar-refractivity contribution < 1.29 is 22.3 Å². The molecule has 0 aromatic carbocycles. The summed E-state index contributed by atoms with van der Waals surface area (Å²) in [6, 6.07) is 0. The largest absolute Gasteiger partial charge is 0.748 e. The van der Waals surface area contributed by atoms with Crippen molar-refractivity contribution in [2.24, 2.45) is 0 Å². The Balaban J connectivity index is 2.52.